The lowest BCUT2D eigenvalue weighted by atomic mass is 10.2. The van der Waals surface area contributed by atoms with Crippen molar-refractivity contribution < 1.29 is 26.3 Å². The molecule has 1 atom stereocenters. The Kier molecular flexibility index (Phi) is 5.37. The van der Waals surface area contributed by atoms with Crippen LogP contribution in [0.25, 0.3) is 0 Å². The van der Waals surface area contributed by atoms with E-state index in [4.69, 9.17) is 10.5 Å². The van der Waals surface area contributed by atoms with Gasteiger partial charge in [0.05, 0.1) is 17.5 Å². The Bertz CT molecular complexity index is 529. The molecule has 0 spiro atoms. The number of methoxy groups -OCH3 is 1. The second kappa shape index (κ2) is 6.42. The van der Waals surface area contributed by atoms with Gasteiger partial charge in [-0.1, -0.05) is 0 Å². The number of ether oxygens (including phenoxy) is 1. The standard InChI is InChI=1S/C11H15F3N2O3S/c1-19-7-9(6-15)16-8-2-4-10(5-3-8)20(17,18)11(12,13)14/h2-5,9,16H,6-7,15H2,1H3. The highest BCUT2D eigenvalue weighted by atomic mass is 32.2. The minimum Gasteiger partial charge on any atom is -0.383 e. The fraction of sp³-hybridized carbons (Fsp3) is 0.455. The van der Waals surface area contributed by atoms with Crippen LogP contribution >= 0.6 is 0 Å². The summed E-state index contributed by atoms with van der Waals surface area (Å²) in [6.07, 6.45) is 0. The molecule has 0 heterocycles. The predicted octanol–water partition coefficient (Wildman–Crippen LogP) is 1.37. The van der Waals surface area contributed by atoms with Crippen molar-refractivity contribution in [3.63, 3.8) is 0 Å². The molecule has 1 aromatic carbocycles. The number of halogens is 3. The highest BCUT2D eigenvalue weighted by molar-refractivity contribution is 7.92. The maximum Gasteiger partial charge on any atom is 0.501 e. The molecule has 1 rings (SSSR count). The van der Waals surface area contributed by atoms with Crippen molar-refractivity contribution in [2.75, 3.05) is 25.6 Å². The van der Waals surface area contributed by atoms with Crippen LogP contribution in [0.2, 0.25) is 0 Å². The van der Waals surface area contributed by atoms with E-state index in [0.717, 1.165) is 12.1 Å². The molecule has 20 heavy (non-hydrogen) atoms. The van der Waals surface area contributed by atoms with E-state index in [1.807, 2.05) is 0 Å². The fourth-order valence-corrected chi connectivity index (χ4v) is 2.23. The number of benzene rings is 1. The zero-order valence-electron chi connectivity index (χ0n) is 10.6. The number of sulfone groups is 1. The zero-order chi connectivity index (χ0) is 15.4. The molecule has 0 aromatic heterocycles. The molecule has 0 saturated carbocycles. The van der Waals surface area contributed by atoms with Gasteiger partial charge in [-0.2, -0.15) is 13.2 Å². The molecule has 0 aliphatic rings. The predicted molar refractivity (Wildman–Crippen MR) is 68.0 cm³/mol. The lowest BCUT2D eigenvalue weighted by molar-refractivity contribution is -0.0436. The molecule has 5 nitrogen and oxygen atoms in total. The molecular formula is C11H15F3N2O3S. The van der Waals surface area contributed by atoms with Crippen molar-refractivity contribution >= 4 is 15.5 Å². The van der Waals surface area contributed by atoms with Crippen molar-refractivity contribution in [2.24, 2.45) is 5.73 Å². The molecule has 0 aliphatic carbocycles. The molecule has 3 N–H and O–H groups in total. The van der Waals surface area contributed by atoms with Crippen LogP contribution < -0.4 is 11.1 Å². The van der Waals surface area contributed by atoms with Gasteiger partial charge in [0.25, 0.3) is 9.84 Å². The number of nitrogens with two attached hydrogens (primary N) is 1. The Morgan fingerprint density at radius 2 is 1.85 bits per heavy atom. The fourth-order valence-electron chi connectivity index (χ4n) is 1.47. The van der Waals surface area contributed by atoms with Gasteiger partial charge in [0.2, 0.25) is 0 Å². The molecule has 1 unspecified atom stereocenters. The molecule has 0 fully saturated rings. The van der Waals surface area contributed by atoms with Crippen LogP contribution in [0.4, 0.5) is 18.9 Å². The van der Waals surface area contributed by atoms with Crippen LogP contribution in [0.5, 0.6) is 0 Å². The summed E-state index contributed by atoms with van der Waals surface area (Å²) in [4.78, 5) is -0.799. The highest BCUT2D eigenvalue weighted by Crippen LogP contribution is 2.30. The van der Waals surface area contributed by atoms with Crippen LogP contribution in [0, 0.1) is 0 Å². The van der Waals surface area contributed by atoms with E-state index in [1.165, 1.54) is 19.2 Å². The summed E-state index contributed by atoms with van der Waals surface area (Å²) >= 11 is 0. The van der Waals surface area contributed by atoms with Gasteiger partial charge in [0.15, 0.2) is 0 Å². The van der Waals surface area contributed by atoms with Gasteiger partial charge in [-0.15, -0.1) is 0 Å². The average molecular weight is 312 g/mol. The maximum atomic E-state index is 12.3. The first-order valence-electron chi connectivity index (χ1n) is 5.59. The topological polar surface area (TPSA) is 81.4 Å². The normalized spacial score (nSPS) is 14.1. The van der Waals surface area contributed by atoms with Crippen molar-refractivity contribution in [3.8, 4) is 0 Å². The third kappa shape index (κ3) is 3.84. The number of hydrogen-bond donors (Lipinski definition) is 2. The summed E-state index contributed by atoms with van der Waals surface area (Å²) in [6, 6.07) is 4.07. The van der Waals surface area contributed by atoms with Gasteiger partial charge in [0, 0.05) is 19.3 Å². The van der Waals surface area contributed by atoms with Gasteiger partial charge in [-0.3, -0.25) is 0 Å². The van der Waals surface area contributed by atoms with Gasteiger partial charge in [-0.05, 0) is 24.3 Å². The summed E-state index contributed by atoms with van der Waals surface area (Å²) in [6.45, 7) is 0.579. The molecule has 114 valence electrons. The number of nitrogens with one attached hydrogen (secondary N) is 1. The van der Waals surface area contributed by atoms with E-state index >= 15 is 0 Å². The Balaban J connectivity index is 2.90. The zero-order valence-corrected chi connectivity index (χ0v) is 11.5. The SMILES string of the molecule is COCC(CN)Nc1ccc(S(=O)(=O)C(F)(F)F)cc1. The quantitative estimate of drug-likeness (QED) is 0.829. The van der Waals surface area contributed by atoms with Crippen LogP contribution in [-0.4, -0.2) is 40.2 Å². The first kappa shape index (κ1) is 16.7. The molecular weight excluding hydrogens is 297 g/mol. The van der Waals surface area contributed by atoms with Gasteiger partial charge in [-0.25, -0.2) is 8.42 Å². The third-order valence-corrected chi connectivity index (χ3v) is 3.99. The number of rotatable bonds is 6. The Hall–Kier alpha value is -1.32. The second-order valence-corrected chi connectivity index (χ2v) is 5.95. The summed E-state index contributed by atoms with van der Waals surface area (Å²) < 4.78 is 64.3. The van der Waals surface area contributed by atoms with E-state index < -0.39 is 20.2 Å². The molecule has 1 aromatic rings. The molecule has 0 amide bonds. The van der Waals surface area contributed by atoms with Crippen LogP contribution in [0.15, 0.2) is 29.2 Å². The van der Waals surface area contributed by atoms with Crippen molar-refractivity contribution in [1.29, 1.82) is 0 Å². The average Bonchev–Trinajstić information content (AvgIpc) is 2.37. The largest absolute Gasteiger partial charge is 0.501 e. The van der Waals surface area contributed by atoms with Gasteiger partial charge in [0.1, 0.15) is 0 Å². The van der Waals surface area contributed by atoms with Crippen molar-refractivity contribution in [3.05, 3.63) is 24.3 Å². The summed E-state index contributed by atoms with van der Waals surface area (Å²) in [7, 11) is -3.83. The van der Waals surface area contributed by atoms with E-state index in [0.29, 0.717) is 12.3 Å². The third-order valence-electron chi connectivity index (χ3n) is 2.49. The van der Waals surface area contributed by atoms with Crippen LogP contribution in [0.1, 0.15) is 0 Å². The first-order chi connectivity index (χ1) is 9.22. The Morgan fingerprint density at radius 3 is 2.25 bits per heavy atom. The summed E-state index contributed by atoms with van der Waals surface area (Å²) in [5.74, 6) is 0. The van der Waals surface area contributed by atoms with Crippen LogP contribution in [0.3, 0.4) is 0 Å². The summed E-state index contributed by atoms with van der Waals surface area (Å²) in [5.41, 5.74) is 0.625. The Morgan fingerprint density at radius 1 is 1.30 bits per heavy atom. The highest BCUT2D eigenvalue weighted by Gasteiger charge is 2.46. The van der Waals surface area contributed by atoms with Gasteiger partial charge < -0.3 is 15.8 Å². The molecule has 0 saturated heterocycles. The second-order valence-electron chi connectivity index (χ2n) is 4.01. The molecule has 0 aliphatic heterocycles. The molecule has 0 radical (unpaired) electrons. The van der Waals surface area contributed by atoms with E-state index in [9.17, 15) is 21.6 Å². The number of anilines is 1. The smallest absolute Gasteiger partial charge is 0.383 e. The van der Waals surface area contributed by atoms with Crippen molar-refractivity contribution in [2.45, 2.75) is 16.4 Å². The molecule has 0 bridgehead atoms. The number of alkyl halides is 3. The Labute approximate surface area is 114 Å². The van der Waals surface area contributed by atoms with Crippen molar-refractivity contribution in [1.82, 2.24) is 0 Å². The molecule has 9 heteroatoms. The van der Waals surface area contributed by atoms with E-state index in [2.05, 4.69) is 5.32 Å². The number of hydrogen-bond acceptors (Lipinski definition) is 5. The lowest BCUT2D eigenvalue weighted by Crippen LogP contribution is -2.33. The first-order valence-corrected chi connectivity index (χ1v) is 7.07. The lowest BCUT2D eigenvalue weighted by Gasteiger charge is -2.17. The minimum atomic E-state index is -5.31. The minimum absolute atomic E-state index is 0.218. The monoisotopic (exact) mass is 312 g/mol. The maximum absolute atomic E-state index is 12.3. The van der Waals surface area contributed by atoms with E-state index in [-0.39, 0.29) is 12.6 Å². The van der Waals surface area contributed by atoms with Crippen LogP contribution in [-0.2, 0) is 14.6 Å². The van der Waals surface area contributed by atoms with E-state index in [1.54, 1.807) is 0 Å². The van der Waals surface area contributed by atoms with Gasteiger partial charge >= 0.3 is 5.51 Å². The summed E-state index contributed by atoms with van der Waals surface area (Å²) in [5, 5.41) is 2.92.